The molecule has 0 bridgehead atoms. The molecular weight excluding hydrogens is 348 g/mol. The number of carbonyl (C=O) groups is 1. The number of fused-ring (bicyclic) bond motifs is 1. The second kappa shape index (κ2) is 8.61. The number of furan rings is 1. The normalized spacial score (nSPS) is 16.2. The van der Waals surface area contributed by atoms with Crippen molar-refractivity contribution in [3.8, 4) is 0 Å². The van der Waals surface area contributed by atoms with Gasteiger partial charge in [0.15, 0.2) is 0 Å². The molecule has 0 radical (unpaired) electrons. The molecule has 2 aromatic carbocycles. The van der Waals surface area contributed by atoms with Crippen LogP contribution in [0.1, 0.15) is 36.4 Å². The van der Waals surface area contributed by atoms with Gasteiger partial charge in [-0.25, -0.2) is 0 Å². The topological polar surface area (TPSA) is 36.7 Å². The van der Waals surface area contributed by atoms with Crippen molar-refractivity contribution >= 4 is 16.9 Å². The summed E-state index contributed by atoms with van der Waals surface area (Å²) in [5.74, 6) is 0.138. The zero-order valence-corrected chi connectivity index (χ0v) is 16.5. The van der Waals surface area contributed by atoms with Crippen LogP contribution in [0, 0.1) is 0 Å². The van der Waals surface area contributed by atoms with Crippen LogP contribution in [0.25, 0.3) is 11.0 Å². The fourth-order valence-corrected chi connectivity index (χ4v) is 4.19. The summed E-state index contributed by atoms with van der Waals surface area (Å²) < 4.78 is 5.49. The molecule has 4 heteroatoms. The van der Waals surface area contributed by atoms with E-state index in [1.54, 1.807) is 6.26 Å². The minimum Gasteiger partial charge on any atom is -0.464 e. The lowest BCUT2D eigenvalue weighted by Gasteiger charge is -2.35. The van der Waals surface area contributed by atoms with Gasteiger partial charge in [-0.3, -0.25) is 4.79 Å². The van der Waals surface area contributed by atoms with Crippen LogP contribution in [0.4, 0.5) is 0 Å². The number of amides is 1. The predicted octanol–water partition coefficient (Wildman–Crippen LogP) is 4.66. The van der Waals surface area contributed by atoms with Gasteiger partial charge in [-0.15, -0.1) is 0 Å². The zero-order chi connectivity index (χ0) is 19.3. The summed E-state index contributed by atoms with van der Waals surface area (Å²) in [5.41, 5.74) is 3.05. The van der Waals surface area contributed by atoms with E-state index in [0.717, 1.165) is 36.2 Å². The van der Waals surface area contributed by atoms with Gasteiger partial charge in [-0.2, -0.15) is 0 Å². The molecule has 1 fully saturated rings. The maximum Gasteiger partial charge on any atom is 0.227 e. The molecule has 4 nitrogen and oxygen atoms in total. The Morgan fingerprint density at radius 3 is 2.61 bits per heavy atom. The highest BCUT2D eigenvalue weighted by Crippen LogP contribution is 2.25. The van der Waals surface area contributed by atoms with Crippen molar-refractivity contribution in [1.29, 1.82) is 0 Å². The van der Waals surface area contributed by atoms with E-state index in [-0.39, 0.29) is 11.9 Å². The number of nitrogens with zero attached hydrogens (tertiary/aromatic N) is 2. The van der Waals surface area contributed by atoms with Gasteiger partial charge in [-0.1, -0.05) is 48.9 Å². The second-order valence-corrected chi connectivity index (χ2v) is 7.72. The Balaban J connectivity index is 1.54. The number of likely N-dealkylation sites (N-methyl/N-ethyl adjacent to an activating group) is 1. The molecule has 0 saturated carbocycles. The zero-order valence-electron chi connectivity index (χ0n) is 16.5. The second-order valence-electron chi connectivity index (χ2n) is 7.72. The lowest BCUT2D eigenvalue weighted by molar-refractivity contribution is -0.131. The van der Waals surface area contributed by atoms with Gasteiger partial charge in [0.05, 0.1) is 18.7 Å². The first-order chi connectivity index (χ1) is 13.7. The first kappa shape index (κ1) is 18.8. The van der Waals surface area contributed by atoms with Crippen LogP contribution in [0.3, 0.4) is 0 Å². The molecule has 0 spiro atoms. The number of hydrogen-bond acceptors (Lipinski definition) is 3. The summed E-state index contributed by atoms with van der Waals surface area (Å²) in [6, 6.07) is 18.3. The molecule has 3 aromatic rings. The molecule has 28 heavy (non-hydrogen) atoms. The van der Waals surface area contributed by atoms with Crippen molar-refractivity contribution in [2.24, 2.45) is 0 Å². The molecule has 0 N–H and O–H groups in total. The lowest BCUT2D eigenvalue weighted by Crippen LogP contribution is -2.41. The third-order valence-corrected chi connectivity index (χ3v) is 5.85. The van der Waals surface area contributed by atoms with Crippen molar-refractivity contribution in [3.05, 3.63) is 72.0 Å². The Morgan fingerprint density at radius 2 is 1.82 bits per heavy atom. The third-order valence-electron chi connectivity index (χ3n) is 5.85. The fourth-order valence-electron chi connectivity index (χ4n) is 4.19. The van der Waals surface area contributed by atoms with E-state index in [1.165, 1.54) is 24.8 Å². The van der Waals surface area contributed by atoms with Crippen molar-refractivity contribution in [1.82, 2.24) is 9.80 Å². The SMILES string of the molecule is CN(C(=O)Cc1cccc2occc12)[C@@H](CN1CCCCC1)c1ccccc1. The highest BCUT2D eigenvalue weighted by molar-refractivity contribution is 5.87. The summed E-state index contributed by atoms with van der Waals surface area (Å²) in [5, 5.41) is 1.02. The number of hydrogen-bond donors (Lipinski definition) is 0. The Kier molecular flexibility index (Phi) is 5.77. The van der Waals surface area contributed by atoms with Gasteiger partial charge >= 0.3 is 0 Å². The van der Waals surface area contributed by atoms with Gasteiger partial charge in [0.25, 0.3) is 0 Å². The van der Waals surface area contributed by atoms with Crippen LogP contribution < -0.4 is 0 Å². The molecular formula is C24H28N2O2. The van der Waals surface area contributed by atoms with Crippen LogP contribution in [-0.4, -0.2) is 42.4 Å². The highest BCUT2D eigenvalue weighted by atomic mass is 16.3. The average molecular weight is 377 g/mol. The number of carbonyl (C=O) groups excluding carboxylic acids is 1. The van der Waals surface area contributed by atoms with E-state index in [2.05, 4.69) is 29.2 Å². The number of rotatable bonds is 6. The highest BCUT2D eigenvalue weighted by Gasteiger charge is 2.25. The van der Waals surface area contributed by atoms with E-state index in [1.807, 2.05) is 42.3 Å². The minimum absolute atomic E-state index is 0.0651. The van der Waals surface area contributed by atoms with E-state index in [4.69, 9.17) is 4.42 Å². The fraction of sp³-hybridized carbons (Fsp3) is 0.375. The Morgan fingerprint density at radius 1 is 1.04 bits per heavy atom. The van der Waals surface area contributed by atoms with Gasteiger partial charge in [-0.05, 0) is 49.2 Å². The summed E-state index contributed by atoms with van der Waals surface area (Å²) in [6.07, 6.45) is 5.89. The largest absolute Gasteiger partial charge is 0.464 e. The van der Waals surface area contributed by atoms with Gasteiger partial charge in [0, 0.05) is 19.0 Å². The van der Waals surface area contributed by atoms with E-state index in [0.29, 0.717) is 6.42 Å². The maximum atomic E-state index is 13.2. The molecule has 0 unspecified atom stereocenters. The molecule has 1 amide bonds. The maximum absolute atomic E-state index is 13.2. The molecule has 146 valence electrons. The standard InChI is InChI=1S/C24H28N2O2/c1-25(24(27)17-20-11-8-12-23-21(20)13-16-28-23)22(19-9-4-2-5-10-19)18-26-14-6-3-7-15-26/h2,4-5,8-13,16,22H,3,6-7,14-15,17-18H2,1H3/t22-/m0/s1. The summed E-state index contributed by atoms with van der Waals surface area (Å²) in [4.78, 5) is 17.6. The molecule has 4 rings (SSSR count). The number of piperidine rings is 1. The number of benzene rings is 2. The molecule has 1 aliphatic heterocycles. The van der Waals surface area contributed by atoms with Gasteiger partial charge in [0.2, 0.25) is 5.91 Å². The number of likely N-dealkylation sites (tertiary alicyclic amines) is 1. The monoisotopic (exact) mass is 376 g/mol. The quantitative estimate of drug-likeness (QED) is 0.628. The Hall–Kier alpha value is -2.59. The van der Waals surface area contributed by atoms with Crippen LogP contribution >= 0.6 is 0 Å². The molecule has 2 heterocycles. The van der Waals surface area contributed by atoms with E-state index >= 15 is 0 Å². The molecule has 1 aromatic heterocycles. The summed E-state index contributed by atoms with van der Waals surface area (Å²) >= 11 is 0. The molecule has 0 aliphatic carbocycles. The predicted molar refractivity (Wildman–Crippen MR) is 112 cm³/mol. The molecule has 1 atom stereocenters. The van der Waals surface area contributed by atoms with Crippen LogP contribution in [0.5, 0.6) is 0 Å². The van der Waals surface area contributed by atoms with Crippen molar-refractivity contribution in [2.45, 2.75) is 31.7 Å². The van der Waals surface area contributed by atoms with E-state index < -0.39 is 0 Å². The molecule has 1 aliphatic rings. The average Bonchev–Trinajstić information content (AvgIpc) is 3.23. The van der Waals surface area contributed by atoms with E-state index in [9.17, 15) is 4.79 Å². The van der Waals surface area contributed by atoms with Gasteiger partial charge in [0.1, 0.15) is 5.58 Å². The summed E-state index contributed by atoms with van der Waals surface area (Å²) in [7, 11) is 1.94. The first-order valence-corrected chi connectivity index (χ1v) is 10.2. The summed E-state index contributed by atoms with van der Waals surface area (Å²) in [6.45, 7) is 3.14. The third kappa shape index (κ3) is 4.12. The van der Waals surface area contributed by atoms with Crippen molar-refractivity contribution < 1.29 is 9.21 Å². The smallest absolute Gasteiger partial charge is 0.227 e. The molecule has 1 saturated heterocycles. The lowest BCUT2D eigenvalue weighted by atomic mass is 10.0. The van der Waals surface area contributed by atoms with Crippen LogP contribution in [0.15, 0.2) is 65.3 Å². The van der Waals surface area contributed by atoms with Crippen LogP contribution in [0.2, 0.25) is 0 Å². The van der Waals surface area contributed by atoms with Crippen molar-refractivity contribution in [3.63, 3.8) is 0 Å². The van der Waals surface area contributed by atoms with Crippen LogP contribution in [-0.2, 0) is 11.2 Å². The van der Waals surface area contributed by atoms with Crippen molar-refractivity contribution in [2.75, 3.05) is 26.7 Å². The van der Waals surface area contributed by atoms with Gasteiger partial charge < -0.3 is 14.2 Å². The Bertz CT molecular complexity index is 913. The first-order valence-electron chi connectivity index (χ1n) is 10.2. The Labute approximate surface area is 166 Å². The minimum atomic E-state index is 0.0651.